The molecule has 4 rings (SSSR count). The number of carbonyl (C=O) groups is 1. The fourth-order valence-electron chi connectivity index (χ4n) is 4.46. The van der Waals surface area contributed by atoms with Gasteiger partial charge in [0.15, 0.2) is 0 Å². The van der Waals surface area contributed by atoms with Crippen LogP contribution in [0, 0.1) is 5.82 Å². The average molecular weight is 461 g/mol. The number of halogens is 2. The lowest BCUT2D eigenvalue weighted by Crippen LogP contribution is -2.49. The lowest BCUT2D eigenvalue weighted by atomic mass is 10.00. The predicted molar refractivity (Wildman–Crippen MR) is 122 cm³/mol. The summed E-state index contributed by atoms with van der Waals surface area (Å²) >= 11 is 6.44. The van der Waals surface area contributed by atoms with Crippen LogP contribution >= 0.6 is 11.6 Å². The fourth-order valence-corrected chi connectivity index (χ4v) is 4.76. The highest BCUT2D eigenvalue weighted by Crippen LogP contribution is 2.41. The zero-order chi connectivity index (χ0) is 22.9. The highest BCUT2D eigenvalue weighted by molar-refractivity contribution is 6.32. The van der Waals surface area contributed by atoms with E-state index in [1.807, 2.05) is 24.8 Å². The van der Waals surface area contributed by atoms with Crippen molar-refractivity contribution in [2.45, 2.75) is 57.8 Å². The molecule has 0 spiro atoms. The summed E-state index contributed by atoms with van der Waals surface area (Å²) in [4.78, 5) is 21.5. The second-order valence-corrected chi connectivity index (χ2v) is 9.80. The first kappa shape index (κ1) is 22.8. The van der Waals surface area contributed by atoms with E-state index in [9.17, 15) is 9.18 Å². The summed E-state index contributed by atoms with van der Waals surface area (Å²) in [6.07, 6.45) is 3.75. The quantitative estimate of drug-likeness (QED) is 0.718. The molecule has 1 saturated heterocycles. The number of pyridine rings is 1. The normalized spacial score (nSPS) is 18.2. The van der Waals surface area contributed by atoms with E-state index in [0.29, 0.717) is 23.8 Å². The van der Waals surface area contributed by atoms with Crippen molar-refractivity contribution in [2.24, 2.45) is 0 Å². The molecule has 0 unspecified atom stereocenters. The SMILES string of the molecule is CN1CCC(N(Cc2ccc(F)cn2)C(=O)NCc2cc(Cl)c3c(c2)CC(C)(C)O3)CC1. The second kappa shape index (κ2) is 9.24. The van der Waals surface area contributed by atoms with Crippen LogP contribution in [0.2, 0.25) is 5.02 Å². The van der Waals surface area contributed by atoms with Crippen LogP contribution in [0.3, 0.4) is 0 Å². The van der Waals surface area contributed by atoms with Crippen LogP contribution in [0.4, 0.5) is 9.18 Å². The highest BCUT2D eigenvalue weighted by Gasteiger charge is 2.32. The molecule has 172 valence electrons. The summed E-state index contributed by atoms with van der Waals surface area (Å²) in [6, 6.07) is 6.87. The van der Waals surface area contributed by atoms with Crippen LogP contribution in [0.5, 0.6) is 5.75 Å². The number of aromatic nitrogens is 1. The summed E-state index contributed by atoms with van der Waals surface area (Å²) in [6.45, 7) is 6.64. The number of benzene rings is 1. The van der Waals surface area contributed by atoms with Crippen molar-refractivity contribution >= 4 is 17.6 Å². The maximum absolute atomic E-state index is 13.3. The standard InChI is InChI=1S/C24H30ClFN4O2/c1-24(2)12-17-10-16(11-21(25)22(17)32-24)13-28-23(31)30(20-6-8-29(3)9-7-20)15-19-5-4-18(26)14-27-19/h4-5,10-11,14,20H,6-9,12-13,15H2,1-3H3,(H,28,31). The Bertz CT molecular complexity index is 975. The maximum Gasteiger partial charge on any atom is 0.318 e. The van der Waals surface area contributed by atoms with E-state index in [1.165, 1.54) is 12.3 Å². The molecule has 32 heavy (non-hydrogen) atoms. The molecule has 1 aromatic heterocycles. The number of hydrogen-bond acceptors (Lipinski definition) is 4. The fraction of sp³-hybridized carbons (Fsp3) is 0.500. The van der Waals surface area contributed by atoms with Crippen molar-refractivity contribution in [2.75, 3.05) is 20.1 Å². The number of amides is 2. The molecule has 1 aromatic carbocycles. The number of fused-ring (bicyclic) bond motifs is 1. The molecular weight excluding hydrogens is 431 g/mol. The largest absolute Gasteiger partial charge is 0.486 e. The number of carbonyl (C=O) groups excluding carboxylic acids is 1. The molecule has 0 bridgehead atoms. The Morgan fingerprint density at radius 1 is 1.34 bits per heavy atom. The van der Waals surface area contributed by atoms with E-state index in [-0.39, 0.29) is 23.5 Å². The molecule has 6 nitrogen and oxygen atoms in total. The van der Waals surface area contributed by atoms with Crippen molar-refractivity contribution in [1.29, 1.82) is 0 Å². The van der Waals surface area contributed by atoms with E-state index >= 15 is 0 Å². The summed E-state index contributed by atoms with van der Waals surface area (Å²) in [5.74, 6) is 0.353. The Morgan fingerprint density at radius 2 is 2.09 bits per heavy atom. The Kier molecular flexibility index (Phi) is 6.58. The predicted octanol–water partition coefficient (Wildman–Crippen LogP) is 4.39. The summed E-state index contributed by atoms with van der Waals surface area (Å²) in [5.41, 5.74) is 2.39. The van der Waals surface area contributed by atoms with Gasteiger partial charge >= 0.3 is 6.03 Å². The first-order valence-corrected chi connectivity index (χ1v) is 11.4. The van der Waals surface area contributed by atoms with E-state index in [4.69, 9.17) is 16.3 Å². The third kappa shape index (κ3) is 5.33. The summed E-state index contributed by atoms with van der Waals surface area (Å²) in [7, 11) is 2.09. The lowest BCUT2D eigenvalue weighted by Gasteiger charge is -2.37. The smallest absolute Gasteiger partial charge is 0.318 e. The van der Waals surface area contributed by atoms with Gasteiger partial charge in [0.2, 0.25) is 0 Å². The van der Waals surface area contributed by atoms with Crippen LogP contribution in [-0.4, -0.2) is 52.6 Å². The molecule has 3 heterocycles. The van der Waals surface area contributed by atoms with E-state index in [1.54, 1.807) is 6.07 Å². The van der Waals surface area contributed by atoms with Gasteiger partial charge in [-0.05, 0) is 76.2 Å². The number of nitrogens with zero attached hydrogens (tertiary/aromatic N) is 3. The number of likely N-dealkylation sites (tertiary alicyclic amines) is 1. The summed E-state index contributed by atoms with van der Waals surface area (Å²) < 4.78 is 19.2. The third-order valence-electron chi connectivity index (χ3n) is 6.13. The van der Waals surface area contributed by atoms with Crippen LogP contribution in [0.25, 0.3) is 0 Å². The maximum atomic E-state index is 13.3. The monoisotopic (exact) mass is 460 g/mol. The number of nitrogens with one attached hydrogen (secondary N) is 1. The molecule has 1 N–H and O–H groups in total. The third-order valence-corrected chi connectivity index (χ3v) is 6.41. The zero-order valence-corrected chi connectivity index (χ0v) is 19.6. The second-order valence-electron chi connectivity index (χ2n) is 9.39. The van der Waals surface area contributed by atoms with Gasteiger partial charge in [0.05, 0.1) is 23.5 Å². The van der Waals surface area contributed by atoms with Crippen molar-refractivity contribution in [1.82, 2.24) is 20.1 Å². The average Bonchev–Trinajstić information content (AvgIpc) is 3.07. The lowest BCUT2D eigenvalue weighted by molar-refractivity contribution is 0.126. The molecular formula is C24H30ClFN4O2. The van der Waals surface area contributed by atoms with Crippen molar-refractivity contribution in [3.05, 3.63) is 58.1 Å². The van der Waals surface area contributed by atoms with Gasteiger partial charge < -0.3 is 19.9 Å². The number of rotatable bonds is 5. The van der Waals surface area contributed by atoms with E-state index in [0.717, 1.165) is 49.2 Å². The van der Waals surface area contributed by atoms with Gasteiger partial charge in [0, 0.05) is 19.0 Å². The molecule has 2 aliphatic heterocycles. The molecule has 0 saturated carbocycles. The molecule has 2 aliphatic rings. The topological polar surface area (TPSA) is 57.7 Å². The van der Waals surface area contributed by atoms with Gasteiger partial charge in [-0.25, -0.2) is 9.18 Å². The Hall–Kier alpha value is -2.38. The van der Waals surface area contributed by atoms with E-state index < -0.39 is 0 Å². The molecule has 8 heteroatoms. The Balaban J connectivity index is 1.46. The van der Waals surface area contributed by atoms with Crippen LogP contribution in [-0.2, 0) is 19.5 Å². The molecule has 0 atom stereocenters. The minimum absolute atomic E-state index is 0.107. The van der Waals surface area contributed by atoms with Crippen LogP contribution in [0.1, 0.15) is 43.5 Å². The van der Waals surface area contributed by atoms with Crippen LogP contribution in [0.15, 0.2) is 30.5 Å². The van der Waals surface area contributed by atoms with E-state index in [2.05, 4.69) is 28.3 Å². The first-order valence-electron chi connectivity index (χ1n) is 11.0. The Morgan fingerprint density at radius 3 is 2.78 bits per heavy atom. The number of hydrogen-bond donors (Lipinski definition) is 1. The van der Waals surface area contributed by atoms with Gasteiger partial charge in [-0.15, -0.1) is 0 Å². The molecule has 0 radical (unpaired) electrons. The van der Waals surface area contributed by atoms with Gasteiger partial charge in [-0.3, -0.25) is 4.98 Å². The Labute approximate surface area is 193 Å². The number of ether oxygens (including phenoxy) is 1. The van der Waals surface area contributed by atoms with Gasteiger partial charge in [-0.1, -0.05) is 17.7 Å². The molecule has 2 amide bonds. The highest BCUT2D eigenvalue weighted by atomic mass is 35.5. The molecule has 2 aromatic rings. The first-order chi connectivity index (χ1) is 15.2. The minimum Gasteiger partial charge on any atom is -0.486 e. The van der Waals surface area contributed by atoms with Crippen molar-refractivity contribution in [3.8, 4) is 5.75 Å². The summed E-state index contributed by atoms with van der Waals surface area (Å²) in [5, 5.41) is 3.62. The zero-order valence-electron chi connectivity index (χ0n) is 18.8. The van der Waals surface area contributed by atoms with Gasteiger partial charge in [0.25, 0.3) is 0 Å². The molecule has 1 fully saturated rings. The molecule has 0 aliphatic carbocycles. The number of urea groups is 1. The van der Waals surface area contributed by atoms with Crippen molar-refractivity contribution in [3.63, 3.8) is 0 Å². The number of piperidine rings is 1. The van der Waals surface area contributed by atoms with Gasteiger partial charge in [0.1, 0.15) is 17.2 Å². The van der Waals surface area contributed by atoms with Crippen molar-refractivity contribution < 1.29 is 13.9 Å². The van der Waals surface area contributed by atoms with Gasteiger partial charge in [-0.2, -0.15) is 0 Å². The van der Waals surface area contributed by atoms with Crippen LogP contribution < -0.4 is 10.1 Å². The minimum atomic E-state index is -0.385.